The van der Waals surface area contributed by atoms with Crippen LogP contribution >= 0.6 is 11.8 Å². The van der Waals surface area contributed by atoms with Crippen LogP contribution in [-0.2, 0) is 17.6 Å². The van der Waals surface area contributed by atoms with Gasteiger partial charge in [-0.3, -0.25) is 9.36 Å². The van der Waals surface area contributed by atoms with Crippen molar-refractivity contribution in [2.75, 3.05) is 7.11 Å². The summed E-state index contributed by atoms with van der Waals surface area (Å²) in [5.41, 5.74) is 4.69. The molecule has 1 unspecified atom stereocenters. The van der Waals surface area contributed by atoms with E-state index in [1.165, 1.54) is 16.7 Å². The maximum Gasteiger partial charge on any atom is 0.416 e. The molecule has 0 fully saturated rings. The van der Waals surface area contributed by atoms with Crippen LogP contribution in [0.1, 0.15) is 18.3 Å². The molecule has 0 aliphatic carbocycles. The minimum absolute atomic E-state index is 0.0684. The Morgan fingerprint density at radius 3 is 2.45 bits per heavy atom. The number of halogens is 3. The molecule has 164 valence electrons. The fourth-order valence-electron chi connectivity index (χ4n) is 2.59. The third-order valence-corrected chi connectivity index (χ3v) is 5.30. The van der Waals surface area contributed by atoms with E-state index in [9.17, 15) is 18.0 Å². The number of carbonyl (C=O) groups excluding carboxylic acids is 1. The zero-order valence-electron chi connectivity index (χ0n) is 16.6. The van der Waals surface area contributed by atoms with Crippen LogP contribution in [0, 0.1) is 0 Å². The lowest BCUT2D eigenvalue weighted by atomic mass is 10.2. The molecule has 0 aliphatic rings. The van der Waals surface area contributed by atoms with Crippen molar-refractivity contribution in [3.05, 3.63) is 59.9 Å². The monoisotopic (exact) mass is 452 g/mol. The topological polar surface area (TPSA) is 92.3 Å². The summed E-state index contributed by atoms with van der Waals surface area (Å²) in [5, 5.41) is 7.65. The van der Waals surface area contributed by atoms with Gasteiger partial charge in [-0.25, -0.2) is 0 Å². The average molecular weight is 452 g/mol. The molecule has 2 aromatic carbocycles. The van der Waals surface area contributed by atoms with Gasteiger partial charge in [0.05, 0.1) is 23.6 Å². The van der Waals surface area contributed by atoms with Crippen LogP contribution in [0.5, 0.6) is 11.5 Å². The van der Waals surface area contributed by atoms with E-state index in [2.05, 4.69) is 10.2 Å². The summed E-state index contributed by atoms with van der Waals surface area (Å²) >= 11 is 0.995. The number of aromatic nitrogens is 3. The number of alkyl halides is 3. The van der Waals surface area contributed by atoms with Crippen molar-refractivity contribution < 1.29 is 27.4 Å². The summed E-state index contributed by atoms with van der Waals surface area (Å²) < 4.78 is 51.9. The standard InChI is InChI=1S/C20H19F3N4O3S/c1-12(18(24)28)31-19-26-25-17(11-30-16-8-6-15(29-2)7-9-16)27(19)14-5-3-4-13(10-14)20(21,22)23/h3-10,12H,11H2,1-2H3,(H2,24,28). The first kappa shape index (κ1) is 22.5. The normalized spacial score (nSPS) is 12.4. The van der Waals surface area contributed by atoms with Gasteiger partial charge in [-0.05, 0) is 49.4 Å². The maximum atomic E-state index is 13.2. The molecule has 0 radical (unpaired) electrons. The van der Waals surface area contributed by atoms with E-state index in [1.807, 2.05) is 0 Å². The summed E-state index contributed by atoms with van der Waals surface area (Å²) in [6.07, 6.45) is -4.52. The molecule has 0 bridgehead atoms. The summed E-state index contributed by atoms with van der Waals surface area (Å²) in [5.74, 6) is 0.839. The minimum atomic E-state index is -4.52. The van der Waals surface area contributed by atoms with Crippen molar-refractivity contribution in [3.8, 4) is 17.2 Å². The predicted octanol–water partition coefficient (Wildman–Crippen LogP) is 3.84. The number of ether oxygens (including phenoxy) is 2. The third-order valence-electron chi connectivity index (χ3n) is 4.24. The van der Waals surface area contributed by atoms with Crippen LogP contribution in [0.2, 0.25) is 0 Å². The highest BCUT2D eigenvalue weighted by Gasteiger charge is 2.31. The van der Waals surface area contributed by atoms with Crippen molar-refractivity contribution in [3.63, 3.8) is 0 Å². The Hall–Kier alpha value is -3.21. The molecule has 11 heteroatoms. The number of primary amides is 1. The van der Waals surface area contributed by atoms with Gasteiger partial charge in [-0.1, -0.05) is 17.8 Å². The molecule has 0 saturated carbocycles. The predicted molar refractivity (Wildman–Crippen MR) is 108 cm³/mol. The summed E-state index contributed by atoms with van der Waals surface area (Å²) in [7, 11) is 1.54. The number of benzene rings is 2. The highest BCUT2D eigenvalue weighted by Crippen LogP contribution is 2.32. The van der Waals surface area contributed by atoms with E-state index in [0.29, 0.717) is 11.5 Å². The molecule has 0 saturated heterocycles. The van der Waals surface area contributed by atoms with Crippen LogP contribution in [0.4, 0.5) is 13.2 Å². The molecule has 31 heavy (non-hydrogen) atoms. The first-order valence-electron chi connectivity index (χ1n) is 9.04. The molecule has 0 spiro atoms. The molecule has 1 atom stereocenters. The second kappa shape index (κ2) is 9.29. The van der Waals surface area contributed by atoms with E-state index in [1.54, 1.807) is 38.3 Å². The van der Waals surface area contributed by atoms with Gasteiger partial charge in [0.2, 0.25) is 5.91 Å². The number of hydrogen-bond acceptors (Lipinski definition) is 6. The molecule has 1 aromatic heterocycles. The van der Waals surface area contributed by atoms with Gasteiger partial charge in [-0.15, -0.1) is 10.2 Å². The Bertz CT molecular complexity index is 1050. The van der Waals surface area contributed by atoms with Gasteiger partial charge in [0.15, 0.2) is 11.0 Å². The number of nitrogens with zero attached hydrogens (tertiary/aromatic N) is 3. The van der Waals surface area contributed by atoms with Crippen molar-refractivity contribution in [1.29, 1.82) is 0 Å². The highest BCUT2D eigenvalue weighted by molar-refractivity contribution is 8.00. The van der Waals surface area contributed by atoms with Crippen molar-refractivity contribution >= 4 is 17.7 Å². The largest absolute Gasteiger partial charge is 0.497 e. The van der Waals surface area contributed by atoms with Crippen LogP contribution in [-0.4, -0.2) is 33.0 Å². The van der Waals surface area contributed by atoms with E-state index < -0.39 is 22.9 Å². The quantitative estimate of drug-likeness (QED) is 0.522. The van der Waals surface area contributed by atoms with E-state index >= 15 is 0 Å². The van der Waals surface area contributed by atoms with Gasteiger partial charge < -0.3 is 15.2 Å². The first-order chi connectivity index (χ1) is 14.7. The first-order valence-corrected chi connectivity index (χ1v) is 9.91. The minimum Gasteiger partial charge on any atom is -0.497 e. The summed E-state index contributed by atoms with van der Waals surface area (Å²) in [6, 6.07) is 11.5. The Morgan fingerprint density at radius 1 is 1.16 bits per heavy atom. The fraction of sp³-hybridized carbons (Fsp3) is 0.250. The molecule has 7 nitrogen and oxygen atoms in total. The second-order valence-electron chi connectivity index (χ2n) is 6.41. The second-order valence-corrected chi connectivity index (χ2v) is 7.72. The Balaban J connectivity index is 1.95. The summed E-state index contributed by atoms with van der Waals surface area (Å²) in [6.45, 7) is 1.51. The molecule has 3 aromatic rings. The van der Waals surface area contributed by atoms with Gasteiger partial charge in [-0.2, -0.15) is 13.2 Å². The maximum absolute atomic E-state index is 13.2. The Morgan fingerprint density at radius 2 is 1.84 bits per heavy atom. The van der Waals surface area contributed by atoms with Gasteiger partial charge in [0.25, 0.3) is 0 Å². The van der Waals surface area contributed by atoms with Crippen LogP contribution in [0.15, 0.2) is 53.7 Å². The van der Waals surface area contributed by atoms with E-state index in [4.69, 9.17) is 15.2 Å². The number of rotatable bonds is 8. The molecular formula is C20H19F3N4O3S. The number of hydrogen-bond donors (Lipinski definition) is 1. The lowest BCUT2D eigenvalue weighted by molar-refractivity contribution is -0.137. The molecule has 0 aliphatic heterocycles. The fourth-order valence-corrected chi connectivity index (χ4v) is 3.42. The number of methoxy groups -OCH3 is 1. The number of thioether (sulfide) groups is 1. The Kier molecular flexibility index (Phi) is 6.74. The lowest BCUT2D eigenvalue weighted by Crippen LogP contribution is -2.23. The molecule has 2 N–H and O–H groups in total. The lowest BCUT2D eigenvalue weighted by Gasteiger charge is -2.14. The van der Waals surface area contributed by atoms with Gasteiger partial charge >= 0.3 is 6.18 Å². The number of nitrogens with two attached hydrogens (primary N) is 1. The molecule has 3 rings (SSSR count). The van der Waals surface area contributed by atoms with Crippen molar-refractivity contribution in [2.45, 2.75) is 30.1 Å². The smallest absolute Gasteiger partial charge is 0.416 e. The van der Waals surface area contributed by atoms with Crippen molar-refractivity contribution in [2.24, 2.45) is 5.73 Å². The van der Waals surface area contributed by atoms with Gasteiger partial charge in [0, 0.05) is 0 Å². The van der Waals surface area contributed by atoms with E-state index in [-0.39, 0.29) is 23.3 Å². The number of amides is 1. The zero-order chi connectivity index (χ0) is 22.6. The molecule has 1 heterocycles. The third kappa shape index (κ3) is 5.48. The highest BCUT2D eigenvalue weighted by atomic mass is 32.2. The van der Waals surface area contributed by atoms with E-state index in [0.717, 1.165) is 23.9 Å². The van der Waals surface area contributed by atoms with Gasteiger partial charge in [0.1, 0.15) is 18.1 Å². The SMILES string of the molecule is COc1ccc(OCc2nnc(SC(C)C(N)=O)n2-c2cccc(C(F)(F)F)c2)cc1. The molecular weight excluding hydrogens is 433 g/mol. The van der Waals surface area contributed by atoms with Crippen molar-refractivity contribution in [1.82, 2.24) is 14.8 Å². The summed E-state index contributed by atoms with van der Waals surface area (Å²) in [4.78, 5) is 11.5. The average Bonchev–Trinajstić information content (AvgIpc) is 3.14. The number of carbonyl (C=O) groups is 1. The van der Waals surface area contributed by atoms with Crippen LogP contribution < -0.4 is 15.2 Å². The molecule has 1 amide bonds. The zero-order valence-corrected chi connectivity index (χ0v) is 17.4. The van der Waals surface area contributed by atoms with Crippen LogP contribution in [0.25, 0.3) is 5.69 Å². The Labute approximate surface area is 180 Å². The van der Waals surface area contributed by atoms with Crippen LogP contribution in [0.3, 0.4) is 0 Å².